The third-order valence-electron chi connectivity index (χ3n) is 6.71. The van der Waals surface area contributed by atoms with E-state index in [1.54, 1.807) is 11.3 Å². The molecule has 3 aliphatic heterocycles. The monoisotopic (exact) mass is 512 g/mol. The van der Waals surface area contributed by atoms with Gasteiger partial charge in [-0.05, 0) is 42.7 Å². The lowest BCUT2D eigenvalue weighted by Gasteiger charge is -2.44. The van der Waals surface area contributed by atoms with Gasteiger partial charge in [-0.25, -0.2) is 0 Å². The second-order valence-electron chi connectivity index (χ2n) is 8.83. The lowest BCUT2D eigenvalue weighted by atomic mass is 9.92. The van der Waals surface area contributed by atoms with Crippen molar-refractivity contribution in [2.75, 3.05) is 24.5 Å². The number of hydrogen-bond acceptors (Lipinski definition) is 7. The molecule has 0 aliphatic carbocycles. The zero-order valence-corrected chi connectivity index (χ0v) is 20.6. The van der Waals surface area contributed by atoms with Crippen molar-refractivity contribution >= 4 is 57.1 Å². The third-order valence-corrected chi connectivity index (χ3v) is 8.07. The van der Waals surface area contributed by atoms with Crippen LogP contribution in [0.3, 0.4) is 0 Å². The van der Waals surface area contributed by atoms with Gasteiger partial charge >= 0.3 is 0 Å². The maximum absolute atomic E-state index is 12.1. The molecule has 8 nitrogen and oxygen atoms in total. The van der Waals surface area contributed by atoms with Crippen LogP contribution in [0.1, 0.15) is 29.7 Å². The number of nitrogens with one attached hydrogen (secondary N) is 1. The van der Waals surface area contributed by atoms with E-state index in [2.05, 4.69) is 33.4 Å². The number of imide groups is 1. The quantitative estimate of drug-likeness (QED) is 0.406. The summed E-state index contributed by atoms with van der Waals surface area (Å²) in [6.45, 7) is 3.14. The van der Waals surface area contributed by atoms with Crippen molar-refractivity contribution < 1.29 is 19.5 Å². The lowest BCUT2D eigenvalue weighted by molar-refractivity contribution is -0.139. The fraction of sp³-hybridized carbons (Fsp3) is 0.360. The van der Waals surface area contributed by atoms with Crippen molar-refractivity contribution in [2.24, 2.45) is 0 Å². The molecule has 2 saturated heterocycles. The van der Waals surface area contributed by atoms with Crippen LogP contribution in [0, 0.1) is 0 Å². The SMILES string of the molecule is O=C1CCC(=O)N1Cc1cc2nccc(-c3cc(Cl)cc4c3N(C3CNC3)CCC4)c2s1.O=CO. The molecule has 3 aromatic rings. The number of hydrogen-bond donors (Lipinski definition) is 2. The first-order valence-corrected chi connectivity index (χ1v) is 12.8. The van der Waals surface area contributed by atoms with Gasteiger partial charge in [-0.2, -0.15) is 0 Å². The average molecular weight is 513 g/mol. The lowest BCUT2D eigenvalue weighted by Crippen LogP contribution is -2.58. The summed E-state index contributed by atoms with van der Waals surface area (Å²) in [5.74, 6) is -0.177. The molecular formula is C25H25ClN4O4S. The Kier molecular flexibility index (Phi) is 6.73. The predicted octanol–water partition coefficient (Wildman–Crippen LogP) is 3.69. The van der Waals surface area contributed by atoms with E-state index < -0.39 is 0 Å². The topological polar surface area (TPSA) is 103 Å². The van der Waals surface area contributed by atoms with Gasteiger partial charge in [0.05, 0.1) is 22.8 Å². The molecule has 3 aliphatic rings. The van der Waals surface area contributed by atoms with Crippen LogP contribution in [0.5, 0.6) is 0 Å². The highest BCUT2D eigenvalue weighted by atomic mass is 35.5. The minimum absolute atomic E-state index is 0.0886. The predicted molar refractivity (Wildman–Crippen MR) is 136 cm³/mol. The molecule has 35 heavy (non-hydrogen) atoms. The van der Waals surface area contributed by atoms with Gasteiger partial charge in [-0.3, -0.25) is 24.3 Å². The molecule has 6 rings (SSSR count). The number of amides is 2. The number of nitrogens with zero attached hydrogens (tertiary/aromatic N) is 3. The van der Waals surface area contributed by atoms with Crippen LogP contribution >= 0.6 is 22.9 Å². The summed E-state index contributed by atoms with van der Waals surface area (Å²) in [4.78, 5) is 42.0. The number of carbonyl (C=O) groups is 3. The molecule has 0 spiro atoms. The van der Waals surface area contributed by atoms with E-state index in [9.17, 15) is 9.59 Å². The van der Waals surface area contributed by atoms with Gasteiger partial charge in [0.2, 0.25) is 11.8 Å². The summed E-state index contributed by atoms with van der Waals surface area (Å²) in [6, 6.07) is 8.77. The summed E-state index contributed by atoms with van der Waals surface area (Å²) in [6.07, 6.45) is 4.63. The van der Waals surface area contributed by atoms with Crippen LogP contribution < -0.4 is 10.2 Å². The molecule has 0 atom stereocenters. The number of thiophene rings is 1. The fourth-order valence-corrected chi connectivity index (χ4v) is 6.41. The number of carbonyl (C=O) groups excluding carboxylic acids is 2. The van der Waals surface area contributed by atoms with Crippen molar-refractivity contribution in [3.8, 4) is 11.1 Å². The Balaban J connectivity index is 0.000000806. The summed E-state index contributed by atoms with van der Waals surface area (Å²) in [5.41, 5.74) is 5.75. The Morgan fingerprint density at radius 3 is 2.57 bits per heavy atom. The fourth-order valence-electron chi connectivity index (χ4n) is 5.03. The van der Waals surface area contributed by atoms with Gasteiger partial charge in [0.25, 0.3) is 6.47 Å². The van der Waals surface area contributed by atoms with E-state index in [-0.39, 0.29) is 18.3 Å². The summed E-state index contributed by atoms with van der Waals surface area (Å²) < 4.78 is 1.07. The van der Waals surface area contributed by atoms with Crippen molar-refractivity contribution in [1.82, 2.24) is 15.2 Å². The first-order valence-electron chi connectivity index (χ1n) is 11.6. The number of rotatable bonds is 4. The molecule has 0 radical (unpaired) electrons. The van der Waals surface area contributed by atoms with E-state index in [0.29, 0.717) is 25.4 Å². The number of benzene rings is 1. The van der Waals surface area contributed by atoms with Gasteiger partial charge in [0, 0.05) is 65.4 Å². The molecule has 182 valence electrons. The van der Waals surface area contributed by atoms with E-state index in [1.807, 2.05) is 12.3 Å². The van der Waals surface area contributed by atoms with Gasteiger partial charge in [0.15, 0.2) is 0 Å². The molecular weight excluding hydrogens is 488 g/mol. The molecule has 10 heteroatoms. The van der Waals surface area contributed by atoms with Crippen LogP contribution in [-0.4, -0.2) is 59.0 Å². The van der Waals surface area contributed by atoms with Gasteiger partial charge in [0.1, 0.15) is 0 Å². The molecule has 1 aromatic carbocycles. The molecule has 0 bridgehead atoms. The zero-order valence-electron chi connectivity index (χ0n) is 19.0. The molecule has 5 heterocycles. The van der Waals surface area contributed by atoms with E-state index >= 15 is 0 Å². The molecule has 2 amide bonds. The highest BCUT2D eigenvalue weighted by molar-refractivity contribution is 7.19. The summed E-state index contributed by atoms with van der Waals surface area (Å²) in [7, 11) is 0. The first-order chi connectivity index (χ1) is 17.0. The Morgan fingerprint density at radius 2 is 1.89 bits per heavy atom. The summed E-state index contributed by atoms with van der Waals surface area (Å²) >= 11 is 8.20. The van der Waals surface area contributed by atoms with E-state index in [1.165, 1.54) is 16.2 Å². The van der Waals surface area contributed by atoms with Gasteiger partial charge in [-0.1, -0.05) is 11.6 Å². The second-order valence-corrected chi connectivity index (χ2v) is 10.4. The second kappa shape index (κ2) is 9.93. The smallest absolute Gasteiger partial charge is 0.290 e. The van der Waals surface area contributed by atoms with Crippen molar-refractivity contribution in [3.05, 3.63) is 45.9 Å². The largest absolute Gasteiger partial charge is 0.483 e. The highest BCUT2D eigenvalue weighted by Gasteiger charge is 2.32. The standard InChI is InChI=1S/C24H23ClN4O2S.CH2O2/c25-15-8-14-2-1-7-28(16-11-26-12-16)23(14)19(9-15)18-5-6-27-20-10-17(32-24(18)20)13-29-21(30)3-4-22(29)31;2-1-3/h5-6,8-10,16,26H,1-4,7,11-13H2;1H,(H,2,3). The number of aromatic nitrogens is 1. The number of halogens is 1. The first kappa shape index (κ1) is 23.7. The maximum Gasteiger partial charge on any atom is 0.290 e. The maximum atomic E-state index is 12.1. The normalized spacial score (nSPS) is 17.7. The van der Waals surface area contributed by atoms with Crippen molar-refractivity contribution in [3.63, 3.8) is 0 Å². The number of likely N-dealkylation sites (tertiary alicyclic amines) is 1. The summed E-state index contributed by atoms with van der Waals surface area (Å²) in [5, 5.41) is 11.0. The molecule has 2 aromatic heterocycles. The van der Waals surface area contributed by atoms with Crippen molar-refractivity contribution in [2.45, 2.75) is 38.3 Å². The zero-order chi connectivity index (χ0) is 24.5. The van der Waals surface area contributed by atoms with E-state index in [4.69, 9.17) is 21.5 Å². The molecule has 2 N–H and O–H groups in total. The number of pyridine rings is 1. The number of carboxylic acid groups (broad SMARTS) is 1. The van der Waals surface area contributed by atoms with Crippen LogP contribution in [0.4, 0.5) is 5.69 Å². The molecule has 2 fully saturated rings. The highest BCUT2D eigenvalue weighted by Crippen LogP contribution is 2.44. The average Bonchev–Trinajstić information content (AvgIpc) is 3.36. The van der Waals surface area contributed by atoms with Crippen molar-refractivity contribution in [1.29, 1.82) is 0 Å². The van der Waals surface area contributed by atoms with E-state index in [0.717, 1.165) is 63.7 Å². The molecule has 0 unspecified atom stereocenters. The number of anilines is 1. The van der Waals surface area contributed by atoms with Crippen LogP contribution in [0.2, 0.25) is 5.02 Å². The minimum Gasteiger partial charge on any atom is -0.483 e. The number of aryl methyl sites for hydroxylation is 1. The van der Waals surface area contributed by atoms with Gasteiger partial charge in [-0.15, -0.1) is 11.3 Å². The Morgan fingerprint density at radius 1 is 1.14 bits per heavy atom. The van der Waals surface area contributed by atoms with Crippen LogP contribution in [0.15, 0.2) is 30.5 Å². The third kappa shape index (κ3) is 4.51. The number of fused-ring (bicyclic) bond motifs is 2. The van der Waals surface area contributed by atoms with Crippen LogP contribution in [-0.2, 0) is 27.3 Å². The van der Waals surface area contributed by atoms with Gasteiger partial charge < -0.3 is 15.3 Å². The minimum atomic E-state index is -0.250. The Hall–Kier alpha value is -3.01. The molecule has 0 saturated carbocycles. The Labute approximate surface area is 211 Å². The van der Waals surface area contributed by atoms with Crippen LogP contribution in [0.25, 0.3) is 21.3 Å². The Bertz CT molecular complexity index is 1290.